The van der Waals surface area contributed by atoms with Crippen molar-refractivity contribution in [1.29, 1.82) is 0 Å². The molecular weight excluding hydrogens is 336 g/mol. The average molecular weight is 358 g/mol. The molecule has 0 radical (unpaired) electrons. The maximum atomic E-state index is 13.0. The second-order valence-electron chi connectivity index (χ2n) is 6.51. The minimum absolute atomic E-state index is 0.0446. The zero-order valence-electron chi connectivity index (χ0n) is 14.3. The van der Waals surface area contributed by atoms with Gasteiger partial charge in [-0.2, -0.15) is 0 Å². The first kappa shape index (κ1) is 16.3. The lowest BCUT2D eigenvalue weighted by Gasteiger charge is -2.29. The Hall–Kier alpha value is -2.21. The highest BCUT2D eigenvalue weighted by atomic mass is 32.1. The van der Waals surface area contributed by atoms with Gasteiger partial charge in [-0.3, -0.25) is 0 Å². The molecule has 0 aliphatic carbocycles. The molecule has 1 saturated heterocycles. The zero-order valence-corrected chi connectivity index (χ0v) is 15.1. The van der Waals surface area contributed by atoms with Gasteiger partial charge in [0, 0.05) is 28.1 Å². The van der Waals surface area contributed by atoms with Gasteiger partial charge in [-0.05, 0) is 44.0 Å². The van der Waals surface area contributed by atoms with Crippen molar-refractivity contribution in [3.63, 3.8) is 0 Å². The summed E-state index contributed by atoms with van der Waals surface area (Å²) in [6.07, 6.45) is 4.41. The Balaban J connectivity index is 1.53. The topological polar surface area (TPSA) is 50.8 Å². The summed E-state index contributed by atoms with van der Waals surface area (Å²) in [5, 5.41) is 3.03. The number of nitrogens with zero attached hydrogens (tertiary/aromatic N) is 1. The van der Waals surface area contributed by atoms with Gasteiger partial charge < -0.3 is 19.7 Å². The maximum absolute atomic E-state index is 13.0. The molecule has 1 N–H and O–H groups in total. The van der Waals surface area contributed by atoms with Gasteiger partial charge in [0.25, 0.3) is 0 Å². The number of nitrogens with one attached hydrogen (secondary N) is 1. The summed E-state index contributed by atoms with van der Waals surface area (Å²) < 4.78 is 10.7. The number of thiophene rings is 1. The molecule has 3 heterocycles. The van der Waals surface area contributed by atoms with Crippen molar-refractivity contribution in [2.24, 2.45) is 0 Å². The lowest BCUT2D eigenvalue weighted by molar-refractivity contribution is 0.174. The van der Waals surface area contributed by atoms with E-state index in [2.05, 4.69) is 24.4 Å². The van der Waals surface area contributed by atoms with Crippen LogP contribution in [0.4, 0.5) is 10.5 Å². The van der Waals surface area contributed by atoms with E-state index in [4.69, 9.17) is 9.47 Å². The minimum Gasteiger partial charge on any atom is -0.454 e. The van der Waals surface area contributed by atoms with Gasteiger partial charge in [-0.15, -0.1) is 11.3 Å². The lowest BCUT2D eigenvalue weighted by atomic mass is 10.1. The van der Waals surface area contributed by atoms with Gasteiger partial charge in [0.1, 0.15) is 0 Å². The molecule has 2 aliphatic heterocycles. The van der Waals surface area contributed by atoms with Crippen LogP contribution >= 0.6 is 11.3 Å². The summed E-state index contributed by atoms with van der Waals surface area (Å²) in [5.74, 6) is 1.40. The van der Waals surface area contributed by atoms with Crippen LogP contribution in [0.25, 0.3) is 0 Å². The first-order chi connectivity index (χ1) is 12.2. The van der Waals surface area contributed by atoms with Crippen molar-refractivity contribution in [1.82, 2.24) is 4.90 Å². The van der Waals surface area contributed by atoms with E-state index in [-0.39, 0.29) is 18.9 Å². The molecule has 25 heavy (non-hydrogen) atoms. The van der Waals surface area contributed by atoms with E-state index in [0.29, 0.717) is 5.75 Å². The Labute approximate surface area is 151 Å². The number of ether oxygens (including phenoxy) is 2. The fourth-order valence-corrected chi connectivity index (χ4v) is 4.47. The molecule has 1 fully saturated rings. The smallest absolute Gasteiger partial charge is 0.322 e. The van der Waals surface area contributed by atoms with Crippen molar-refractivity contribution < 1.29 is 14.3 Å². The Morgan fingerprint density at radius 3 is 2.88 bits per heavy atom. The molecule has 5 nitrogen and oxygen atoms in total. The number of benzene rings is 1. The van der Waals surface area contributed by atoms with Crippen molar-refractivity contribution in [2.45, 2.75) is 38.6 Å². The summed E-state index contributed by atoms with van der Waals surface area (Å²) in [6.45, 7) is 3.14. The van der Waals surface area contributed by atoms with Crippen LogP contribution in [0.15, 0.2) is 30.3 Å². The number of likely N-dealkylation sites (tertiary alicyclic amines) is 1. The number of urea groups is 1. The van der Waals surface area contributed by atoms with Crippen LogP contribution in [-0.2, 0) is 0 Å². The van der Waals surface area contributed by atoms with Gasteiger partial charge >= 0.3 is 6.03 Å². The summed E-state index contributed by atoms with van der Waals surface area (Å²) in [5.41, 5.74) is 0.736. The summed E-state index contributed by atoms with van der Waals surface area (Å²) in [7, 11) is 0. The molecule has 0 spiro atoms. The van der Waals surface area contributed by atoms with E-state index in [1.165, 1.54) is 16.2 Å². The maximum Gasteiger partial charge on any atom is 0.322 e. The number of aryl methyl sites for hydroxylation is 1. The van der Waals surface area contributed by atoms with Crippen LogP contribution in [0.1, 0.15) is 41.5 Å². The fourth-order valence-electron chi connectivity index (χ4n) is 3.45. The number of rotatable bonds is 2. The van der Waals surface area contributed by atoms with Crippen molar-refractivity contribution in [2.75, 3.05) is 18.7 Å². The molecule has 1 aromatic heterocycles. The standard InChI is InChI=1S/C19H22N2O3S/c1-13-6-9-18(25-13)15-5-3-2-4-10-21(15)19(22)20-14-7-8-16-17(11-14)24-12-23-16/h6-9,11,15H,2-5,10,12H2,1H3,(H,20,22). The zero-order chi connectivity index (χ0) is 17.2. The van der Waals surface area contributed by atoms with Gasteiger partial charge in [-0.1, -0.05) is 12.8 Å². The Bertz CT molecular complexity index is 774. The minimum atomic E-state index is -0.0446. The number of fused-ring (bicyclic) bond motifs is 1. The molecule has 1 atom stereocenters. The molecule has 4 rings (SSSR count). The Morgan fingerprint density at radius 2 is 2.04 bits per heavy atom. The monoisotopic (exact) mass is 358 g/mol. The molecule has 1 aromatic carbocycles. The second kappa shape index (κ2) is 6.96. The van der Waals surface area contributed by atoms with Crippen molar-refractivity contribution in [3.8, 4) is 11.5 Å². The van der Waals surface area contributed by atoms with E-state index >= 15 is 0 Å². The van der Waals surface area contributed by atoms with Crippen LogP contribution in [0.3, 0.4) is 0 Å². The second-order valence-corrected chi connectivity index (χ2v) is 7.82. The molecule has 2 aliphatic rings. The highest BCUT2D eigenvalue weighted by Gasteiger charge is 2.28. The van der Waals surface area contributed by atoms with Crippen LogP contribution in [0, 0.1) is 6.92 Å². The number of carbonyl (C=O) groups excluding carboxylic acids is 1. The van der Waals surface area contributed by atoms with E-state index in [0.717, 1.165) is 37.2 Å². The van der Waals surface area contributed by atoms with Crippen LogP contribution < -0.4 is 14.8 Å². The molecule has 0 bridgehead atoms. The number of amides is 2. The number of hydrogen-bond donors (Lipinski definition) is 1. The predicted octanol–water partition coefficient (Wildman–Crippen LogP) is 4.93. The summed E-state index contributed by atoms with van der Waals surface area (Å²) in [6, 6.07) is 9.93. The van der Waals surface area contributed by atoms with Crippen molar-refractivity contribution >= 4 is 23.1 Å². The number of anilines is 1. The third-order valence-electron chi connectivity index (χ3n) is 4.73. The first-order valence-electron chi connectivity index (χ1n) is 8.74. The highest BCUT2D eigenvalue weighted by Crippen LogP contribution is 2.36. The normalized spacial score (nSPS) is 19.6. The molecular formula is C19H22N2O3S. The lowest BCUT2D eigenvalue weighted by Crippen LogP contribution is -2.37. The molecule has 6 heteroatoms. The summed E-state index contributed by atoms with van der Waals surface area (Å²) in [4.78, 5) is 17.5. The fraction of sp³-hybridized carbons (Fsp3) is 0.421. The number of carbonyl (C=O) groups is 1. The third-order valence-corrected chi connectivity index (χ3v) is 5.83. The molecule has 132 valence electrons. The van der Waals surface area contributed by atoms with Gasteiger partial charge in [0.15, 0.2) is 11.5 Å². The highest BCUT2D eigenvalue weighted by molar-refractivity contribution is 7.12. The molecule has 0 saturated carbocycles. The molecule has 2 amide bonds. The quantitative estimate of drug-likeness (QED) is 0.828. The van der Waals surface area contributed by atoms with Crippen LogP contribution in [0.5, 0.6) is 11.5 Å². The van der Waals surface area contributed by atoms with E-state index < -0.39 is 0 Å². The molecule has 2 aromatic rings. The largest absolute Gasteiger partial charge is 0.454 e. The summed E-state index contributed by atoms with van der Waals surface area (Å²) >= 11 is 1.79. The van der Waals surface area contributed by atoms with Crippen molar-refractivity contribution in [3.05, 3.63) is 40.1 Å². The van der Waals surface area contributed by atoms with Crippen LogP contribution in [0.2, 0.25) is 0 Å². The molecule has 1 unspecified atom stereocenters. The van der Waals surface area contributed by atoms with E-state index in [1.807, 2.05) is 23.1 Å². The van der Waals surface area contributed by atoms with Crippen LogP contribution in [-0.4, -0.2) is 24.3 Å². The SMILES string of the molecule is Cc1ccc(C2CCCCCN2C(=O)Nc2ccc3c(c2)OCO3)s1. The Morgan fingerprint density at radius 1 is 1.16 bits per heavy atom. The third kappa shape index (κ3) is 3.44. The van der Waals surface area contributed by atoms with Gasteiger partial charge in [0.05, 0.1) is 6.04 Å². The van der Waals surface area contributed by atoms with Gasteiger partial charge in [0.2, 0.25) is 6.79 Å². The van der Waals surface area contributed by atoms with Gasteiger partial charge in [-0.25, -0.2) is 4.79 Å². The Kier molecular flexibility index (Phi) is 4.53. The first-order valence-corrected chi connectivity index (χ1v) is 9.56. The predicted molar refractivity (Wildman–Crippen MR) is 98.6 cm³/mol. The number of hydrogen-bond acceptors (Lipinski definition) is 4. The average Bonchev–Trinajstić information content (AvgIpc) is 3.16. The van der Waals surface area contributed by atoms with E-state index in [9.17, 15) is 4.79 Å². The van der Waals surface area contributed by atoms with E-state index in [1.54, 1.807) is 11.3 Å².